The Morgan fingerprint density at radius 1 is 1.29 bits per heavy atom. The molecule has 1 amide bonds. The normalized spacial score (nSPS) is 30.3. The summed E-state index contributed by atoms with van der Waals surface area (Å²) in [6, 6.07) is 3.75. The van der Waals surface area contributed by atoms with E-state index in [4.69, 9.17) is 10.7 Å². The van der Waals surface area contributed by atoms with Crippen LogP contribution in [0, 0.1) is 18.6 Å². The van der Waals surface area contributed by atoms with Gasteiger partial charge in [0.1, 0.15) is 40.2 Å². The molecule has 2 aromatic rings. The van der Waals surface area contributed by atoms with E-state index < -0.39 is 43.6 Å². The molecule has 4 heterocycles. The van der Waals surface area contributed by atoms with Gasteiger partial charge in [0.2, 0.25) is 0 Å². The molecule has 0 aliphatic carbocycles. The average molecular weight is 493 g/mol. The minimum Gasteiger partial charge on any atom is -0.386 e. The minimum atomic E-state index is -2.55. The lowest BCUT2D eigenvalue weighted by Crippen LogP contribution is -2.60. The molecule has 3 atom stereocenters. The molecular formula is C23H30F2N6O2S. The predicted molar refractivity (Wildman–Crippen MR) is 130 cm³/mol. The van der Waals surface area contributed by atoms with Crippen molar-refractivity contribution in [2.24, 2.45) is 10.7 Å². The Balaban J connectivity index is 1.77. The number of hydrogen-bond acceptors (Lipinski definition) is 7. The zero-order chi connectivity index (χ0) is 24.9. The molecule has 11 heteroatoms. The van der Waals surface area contributed by atoms with Crippen LogP contribution in [-0.2, 0) is 5.54 Å². The molecule has 4 rings (SSSR count). The number of nitrogens with one attached hydrogen (secondary N) is 2. The maximum atomic E-state index is 15.2. The predicted octanol–water partition coefficient (Wildman–Crippen LogP) is 4.01. The number of rotatable bonds is 3. The van der Waals surface area contributed by atoms with Crippen molar-refractivity contribution in [1.29, 1.82) is 0 Å². The fourth-order valence-electron chi connectivity index (χ4n) is 4.75. The molecule has 34 heavy (non-hydrogen) atoms. The third-order valence-electron chi connectivity index (χ3n) is 6.83. The molecule has 1 fully saturated rings. The van der Waals surface area contributed by atoms with E-state index in [0.717, 1.165) is 19.0 Å². The summed E-state index contributed by atoms with van der Waals surface area (Å²) in [5, 5.41) is 2.17. The van der Waals surface area contributed by atoms with E-state index >= 15 is 4.39 Å². The first-order chi connectivity index (χ1) is 15.9. The van der Waals surface area contributed by atoms with Crippen LogP contribution in [0.3, 0.4) is 0 Å². The Kier molecular flexibility index (Phi) is 6.16. The lowest BCUT2D eigenvalue weighted by atomic mass is 9.88. The van der Waals surface area contributed by atoms with Gasteiger partial charge in [0, 0.05) is 6.54 Å². The smallest absolute Gasteiger partial charge is 0.275 e. The summed E-state index contributed by atoms with van der Waals surface area (Å²) in [4.78, 5) is 25.7. The van der Waals surface area contributed by atoms with Gasteiger partial charge in [-0.1, -0.05) is 16.9 Å². The second-order valence-electron chi connectivity index (χ2n) is 9.46. The SMILES string of the molecule is Cc1cc(F)cnc1C(=O)Nc1ccc(F)c([C@@]2(C)N=C(N)C(C)(C)S3(O)NCCCC[C@@H]23)n1. The molecule has 8 nitrogen and oxygen atoms in total. The Bertz CT molecular complexity index is 1180. The van der Waals surface area contributed by atoms with E-state index in [2.05, 4.69) is 20.0 Å². The highest BCUT2D eigenvalue weighted by atomic mass is 32.3. The number of pyridine rings is 2. The number of fused-ring (bicyclic) bond motifs is 1. The number of nitrogens with two attached hydrogens (primary N) is 1. The van der Waals surface area contributed by atoms with Crippen molar-refractivity contribution in [3.8, 4) is 0 Å². The summed E-state index contributed by atoms with van der Waals surface area (Å²) in [6.45, 7) is 7.63. The first-order valence-corrected chi connectivity index (χ1v) is 12.8. The Hall–Kier alpha value is -2.63. The number of amides is 1. The van der Waals surface area contributed by atoms with Crippen LogP contribution in [0.2, 0.25) is 0 Å². The van der Waals surface area contributed by atoms with Gasteiger partial charge in [-0.25, -0.2) is 18.7 Å². The molecule has 0 radical (unpaired) electrons. The van der Waals surface area contributed by atoms with E-state index in [1.807, 2.05) is 13.8 Å². The molecule has 2 aliphatic heterocycles. The average Bonchev–Trinajstić information content (AvgIpc) is 2.97. The van der Waals surface area contributed by atoms with Crippen LogP contribution in [0.5, 0.6) is 0 Å². The van der Waals surface area contributed by atoms with Crippen molar-refractivity contribution in [3.63, 3.8) is 0 Å². The summed E-state index contributed by atoms with van der Waals surface area (Å²) in [5.74, 6) is -1.45. The Morgan fingerprint density at radius 2 is 2.03 bits per heavy atom. The van der Waals surface area contributed by atoms with Crippen molar-refractivity contribution in [3.05, 3.63) is 53.0 Å². The second-order valence-corrected chi connectivity index (χ2v) is 12.6. The molecule has 0 saturated carbocycles. The number of carbonyl (C=O) groups is 1. The van der Waals surface area contributed by atoms with Crippen LogP contribution < -0.4 is 15.8 Å². The third kappa shape index (κ3) is 3.85. The highest BCUT2D eigenvalue weighted by Gasteiger charge is 2.59. The maximum absolute atomic E-state index is 15.2. The monoisotopic (exact) mass is 492 g/mol. The fourth-order valence-corrected chi connectivity index (χ4v) is 8.17. The second kappa shape index (κ2) is 8.54. The molecule has 0 aromatic carbocycles. The van der Waals surface area contributed by atoms with Gasteiger partial charge in [0.15, 0.2) is 0 Å². The maximum Gasteiger partial charge on any atom is 0.275 e. The van der Waals surface area contributed by atoms with Crippen molar-refractivity contribution in [2.45, 2.75) is 62.5 Å². The summed E-state index contributed by atoms with van der Waals surface area (Å²) >= 11 is 0. The summed E-state index contributed by atoms with van der Waals surface area (Å²) in [7, 11) is -2.55. The van der Waals surface area contributed by atoms with Crippen LogP contribution in [-0.4, -0.2) is 42.8 Å². The highest BCUT2D eigenvalue weighted by Crippen LogP contribution is 2.66. The standard InChI is InChI=1S/C23H30F2N6O2S/c1-13-11-14(24)12-27-18(13)20(32)30-17-9-8-15(25)19(29-17)23(4)16-7-5-6-10-28-34(16,33)22(2,3)21(26)31-23/h8-9,11-12,16,28,33H,5-7,10H2,1-4H3,(H2,26,31)(H,29,30,32)/t16-,23-/m0/s1. The van der Waals surface area contributed by atoms with Crippen molar-refractivity contribution >= 4 is 28.1 Å². The van der Waals surface area contributed by atoms with Crippen molar-refractivity contribution in [2.75, 3.05) is 11.9 Å². The molecule has 2 aliphatic rings. The number of aryl methyl sites for hydroxylation is 1. The summed E-state index contributed by atoms with van der Waals surface area (Å²) in [6.07, 6.45) is 3.28. The number of amidine groups is 1. The molecule has 0 spiro atoms. The zero-order valence-electron chi connectivity index (χ0n) is 19.7. The molecule has 1 saturated heterocycles. The van der Waals surface area contributed by atoms with Gasteiger partial charge in [0.05, 0.1) is 16.2 Å². The van der Waals surface area contributed by atoms with Gasteiger partial charge in [-0.3, -0.25) is 14.5 Å². The third-order valence-corrected chi connectivity index (χ3v) is 10.8. The topological polar surface area (TPSA) is 126 Å². The molecule has 2 aromatic heterocycles. The Labute approximate surface area is 199 Å². The van der Waals surface area contributed by atoms with Gasteiger partial charge in [-0.15, -0.1) is 0 Å². The van der Waals surface area contributed by atoms with Gasteiger partial charge in [-0.2, -0.15) is 0 Å². The number of anilines is 1. The fraction of sp³-hybridized carbons (Fsp3) is 0.478. The quantitative estimate of drug-likeness (QED) is 0.513. The van der Waals surface area contributed by atoms with Gasteiger partial charge in [0.25, 0.3) is 5.91 Å². The summed E-state index contributed by atoms with van der Waals surface area (Å²) < 4.78 is 43.1. The van der Waals surface area contributed by atoms with Crippen LogP contribution in [0.1, 0.15) is 61.8 Å². The van der Waals surface area contributed by atoms with E-state index in [1.54, 1.807) is 13.8 Å². The van der Waals surface area contributed by atoms with Crippen molar-refractivity contribution < 1.29 is 18.1 Å². The summed E-state index contributed by atoms with van der Waals surface area (Å²) in [5.41, 5.74) is 5.49. The van der Waals surface area contributed by atoms with E-state index in [-0.39, 0.29) is 23.0 Å². The van der Waals surface area contributed by atoms with Crippen LogP contribution in [0.4, 0.5) is 14.6 Å². The number of aromatic nitrogens is 2. The molecule has 5 N–H and O–H groups in total. The molecule has 0 bridgehead atoms. The Morgan fingerprint density at radius 3 is 2.74 bits per heavy atom. The van der Waals surface area contributed by atoms with Crippen molar-refractivity contribution in [1.82, 2.24) is 14.7 Å². The van der Waals surface area contributed by atoms with Gasteiger partial charge >= 0.3 is 0 Å². The number of nitrogens with zero attached hydrogens (tertiary/aromatic N) is 3. The van der Waals surface area contributed by atoms with Gasteiger partial charge in [-0.05, 0) is 64.3 Å². The zero-order valence-corrected chi connectivity index (χ0v) is 20.5. The van der Waals surface area contributed by atoms with Crippen LogP contribution >= 0.6 is 10.5 Å². The van der Waals surface area contributed by atoms with Crippen LogP contribution in [0.15, 0.2) is 29.4 Å². The largest absolute Gasteiger partial charge is 0.386 e. The number of carbonyl (C=O) groups excluding carboxylic acids is 1. The highest BCUT2D eigenvalue weighted by molar-refractivity contribution is 8.29. The van der Waals surface area contributed by atoms with E-state index in [0.29, 0.717) is 18.5 Å². The molecular weight excluding hydrogens is 462 g/mol. The number of halogens is 2. The lowest BCUT2D eigenvalue weighted by Gasteiger charge is -2.58. The number of hydrogen-bond donors (Lipinski definition) is 4. The lowest BCUT2D eigenvalue weighted by molar-refractivity contribution is 0.102. The first kappa shape index (κ1) is 24.5. The van der Waals surface area contributed by atoms with E-state index in [1.165, 1.54) is 18.2 Å². The number of aliphatic imine (C=N–C) groups is 1. The van der Waals surface area contributed by atoms with Crippen LogP contribution in [0.25, 0.3) is 0 Å². The van der Waals surface area contributed by atoms with Gasteiger partial charge < -0.3 is 15.6 Å². The molecule has 184 valence electrons. The first-order valence-electron chi connectivity index (χ1n) is 11.2. The van der Waals surface area contributed by atoms with E-state index in [9.17, 15) is 13.7 Å². The minimum absolute atomic E-state index is 0.00726. The molecule has 1 unspecified atom stereocenters.